The summed E-state index contributed by atoms with van der Waals surface area (Å²) >= 11 is 1.27. The van der Waals surface area contributed by atoms with Crippen molar-refractivity contribution >= 4 is 22.4 Å². The molecule has 0 aliphatic heterocycles. The average molecular weight is 299 g/mol. The molecule has 0 saturated heterocycles. The lowest BCUT2D eigenvalue weighted by Gasteiger charge is -2.23. The fourth-order valence-corrected chi connectivity index (χ4v) is 3.13. The molecule has 1 aromatic heterocycles. The van der Waals surface area contributed by atoms with Crippen molar-refractivity contribution < 1.29 is 9.90 Å². The summed E-state index contributed by atoms with van der Waals surface area (Å²) < 4.78 is 0. The van der Waals surface area contributed by atoms with Crippen molar-refractivity contribution in [2.24, 2.45) is 0 Å². The van der Waals surface area contributed by atoms with Gasteiger partial charge in [0.2, 0.25) is 0 Å². The second-order valence-electron chi connectivity index (χ2n) is 4.68. The normalized spacial score (nSPS) is 11.1. The Morgan fingerprint density at radius 2 is 1.85 bits per heavy atom. The minimum atomic E-state index is -0.884. The first kappa shape index (κ1) is 16.9. The van der Waals surface area contributed by atoms with E-state index in [1.807, 2.05) is 0 Å². The van der Waals surface area contributed by atoms with E-state index in [1.54, 1.807) is 6.92 Å². The van der Waals surface area contributed by atoms with Gasteiger partial charge in [0.25, 0.3) is 0 Å². The molecule has 6 heteroatoms. The Morgan fingerprint density at radius 1 is 1.20 bits per heavy atom. The quantitative estimate of drug-likeness (QED) is 0.760. The Morgan fingerprint density at radius 3 is 2.30 bits per heavy atom. The Hall–Kier alpha value is -1.14. The number of carbonyl (C=O) groups is 1. The highest BCUT2D eigenvalue weighted by atomic mass is 32.1. The van der Waals surface area contributed by atoms with Crippen LogP contribution in [0.2, 0.25) is 0 Å². The largest absolute Gasteiger partial charge is 0.477 e. The number of carboxylic acid groups (broad SMARTS) is 1. The maximum Gasteiger partial charge on any atom is 0.347 e. The Labute approximate surface area is 125 Å². The lowest BCUT2D eigenvalue weighted by molar-refractivity contribution is 0.0701. The average Bonchev–Trinajstić information content (AvgIpc) is 2.81. The third-order valence-electron chi connectivity index (χ3n) is 3.43. The van der Waals surface area contributed by atoms with Gasteiger partial charge in [-0.1, -0.05) is 25.2 Å². The minimum absolute atomic E-state index is 0.349. The molecular formula is C14H25N3O2S. The van der Waals surface area contributed by atoms with Crippen LogP contribution in [0.3, 0.4) is 0 Å². The number of aryl methyl sites for hydroxylation is 1. The molecule has 0 atom stereocenters. The van der Waals surface area contributed by atoms with E-state index in [0.717, 1.165) is 44.3 Å². The first-order valence-electron chi connectivity index (χ1n) is 7.21. The van der Waals surface area contributed by atoms with Crippen molar-refractivity contribution in [2.75, 3.05) is 37.6 Å². The topological polar surface area (TPSA) is 56.7 Å². The first-order valence-corrected chi connectivity index (χ1v) is 8.03. The lowest BCUT2D eigenvalue weighted by Crippen LogP contribution is -2.29. The maximum atomic E-state index is 11.1. The van der Waals surface area contributed by atoms with Crippen LogP contribution in [0.5, 0.6) is 0 Å². The fraction of sp³-hybridized carbons (Fsp3) is 0.714. The molecule has 0 amide bonds. The number of carboxylic acids is 1. The van der Waals surface area contributed by atoms with Crippen LogP contribution < -0.4 is 4.90 Å². The zero-order chi connectivity index (χ0) is 15.1. The first-order chi connectivity index (χ1) is 9.53. The van der Waals surface area contributed by atoms with Crippen molar-refractivity contribution in [1.82, 2.24) is 9.88 Å². The second-order valence-corrected chi connectivity index (χ2v) is 5.65. The molecule has 20 heavy (non-hydrogen) atoms. The molecule has 0 bridgehead atoms. The van der Waals surface area contributed by atoms with Gasteiger partial charge in [0.1, 0.15) is 4.88 Å². The fourth-order valence-electron chi connectivity index (χ4n) is 2.13. The Bertz CT molecular complexity index is 430. The van der Waals surface area contributed by atoms with E-state index in [9.17, 15) is 4.79 Å². The predicted molar refractivity (Wildman–Crippen MR) is 84.1 cm³/mol. The molecule has 0 spiro atoms. The van der Waals surface area contributed by atoms with E-state index in [4.69, 9.17) is 5.11 Å². The van der Waals surface area contributed by atoms with Crippen molar-refractivity contribution in [1.29, 1.82) is 0 Å². The molecule has 1 N–H and O–H groups in total. The van der Waals surface area contributed by atoms with Crippen molar-refractivity contribution in [3.8, 4) is 0 Å². The lowest BCUT2D eigenvalue weighted by atomic mass is 10.3. The molecular weight excluding hydrogens is 274 g/mol. The molecule has 0 aromatic carbocycles. The number of aromatic carboxylic acids is 1. The van der Waals surface area contributed by atoms with Gasteiger partial charge < -0.3 is 14.9 Å². The summed E-state index contributed by atoms with van der Waals surface area (Å²) in [7, 11) is 0. The van der Waals surface area contributed by atoms with Gasteiger partial charge in [-0.2, -0.15) is 0 Å². The third-order valence-corrected chi connectivity index (χ3v) is 4.63. The summed E-state index contributed by atoms with van der Waals surface area (Å²) in [5.74, 6) is -0.884. The number of anilines is 1. The van der Waals surface area contributed by atoms with Crippen LogP contribution >= 0.6 is 11.3 Å². The number of aromatic nitrogens is 1. The summed E-state index contributed by atoms with van der Waals surface area (Å²) in [5.41, 5.74) is 0.611. The molecule has 0 fully saturated rings. The Kier molecular flexibility index (Phi) is 6.95. The molecule has 5 nitrogen and oxygen atoms in total. The van der Waals surface area contributed by atoms with E-state index < -0.39 is 5.97 Å². The highest BCUT2D eigenvalue weighted by Gasteiger charge is 2.17. The van der Waals surface area contributed by atoms with Gasteiger partial charge in [0.15, 0.2) is 5.13 Å². The van der Waals surface area contributed by atoms with Gasteiger partial charge in [-0.25, -0.2) is 9.78 Å². The van der Waals surface area contributed by atoms with Crippen molar-refractivity contribution in [2.45, 2.75) is 34.1 Å². The van der Waals surface area contributed by atoms with E-state index in [0.29, 0.717) is 10.6 Å². The highest BCUT2D eigenvalue weighted by molar-refractivity contribution is 7.17. The monoisotopic (exact) mass is 299 g/mol. The molecule has 0 unspecified atom stereocenters. The van der Waals surface area contributed by atoms with Crippen LogP contribution in [0.15, 0.2) is 0 Å². The van der Waals surface area contributed by atoms with Crippen LogP contribution in [0.1, 0.15) is 42.6 Å². The van der Waals surface area contributed by atoms with Crippen LogP contribution in [-0.2, 0) is 0 Å². The number of thiazole rings is 1. The summed E-state index contributed by atoms with van der Waals surface area (Å²) in [6.45, 7) is 13.2. The van der Waals surface area contributed by atoms with Crippen LogP contribution in [0.4, 0.5) is 5.13 Å². The molecule has 1 aromatic rings. The molecule has 0 radical (unpaired) electrons. The summed E-state index contributed by atoms with van der Waals surface area (Å²) in [4.78, 5) is 20.4. The summed E-state index contributed by atoms with van der Waals surface area (Å²) in [5, 5.41) is 9.91. The van der Waals surface area contributed by atoms with Gasteiger partial charge in [0.05, 0.1) is 5.69 Å². The minimum Gasteiger partial charge on any atom is -0.477 e. The summed E-state index contributed by atoms with van der Waals surface area (Å²) in [6, 6.07) is 0. The van der Waals surface area contributed by atoms with Gasteiger partial charge >= 0.3 is 5.97 Å². The number of hydrogen-bond donors (Lipinski definition) is 1. The highest BCUT2D eigenvalue weighted by Crippen LogP contribution is 2.26. The second kappa shape index (κ2) is 8.21. The smallest absolute Gasteiger partial charge is 0.347 e. The summed E-state index contributed by atoms with van der Waals surface area (Å²) in [6.07, 6.45) is 1.07. The van der Waals surface area contributed by atoms with Crippen LogP contribution in [0, 0.1) is 6.92 Å². The zero-order valence-corrected chi connectivity index (χ0v) is 13.7. The SMILES string of the molecule is CCN(CC)CCCN(CC)c1nc(C)c(C(=O)O)s1. The number of nitrogens with zero attached hydrogens (tertiary/aromatic N) is 3. The van der Waals surface area contributed by atoms with Gasteiger partial charge in [0, 0.05) is 13.1 Å². The molecule has 0 saturated carbocycles. The zero-order valence-electron chi connectivity index (χ0n) is 12.8. The van der Waals surface area contributed by atoms with E-state index in [2.05, 4.69) is 35.6 Å². The third kappa shape index (κ3) is 4.45. The molecule has 114 valence electrons. The number of hydrogen-bond acceptors (Lipinski definition) is 5. The van der Waals surface area contributed by atoms with Gasteiger partial charge in [-0.05, 0) is 39.9 Å². The number of rotatable bonds is 9. The molecule has 0 aliphatic rings. The Balaban J connectivity index is 2.62. The van der Waals surface area contributed by atoms with Gasteiger partial charge in [-0.3, -0.25) is 0 Å². The standard InChI is InChI=1S/C14H25N3O2S/c1-5-16(6-2)9-8-10-17(7-3)14-15-11(4)12(20-14)13(18)19/h5-10H2,1-4H3,(H,18,19). The van der Waals surface area contributed by atoms with Crippen LogP contribution in [-0.4, -0.2) is 53.7 Å². The van der Waals surface area contributed by atoms with E-state index >= 15 is 0 Å². The van der Waals surface area contributed by atoms with Crippen LogP contribution in [0.25, 0.3) is 0 Å². The molecule has 0 aliphatic carbocycles. The van der Waals surface area contributed by atoms with Crippen molar-refractivity contribution in [3.63, 3.8) is 0 Å². The molecule has 1 heterocycles. The van der Waals surface area contributed by atoms with Gasteiger partial charge in [-0.15, -0.1) is 0 Å². The maximum absolute atomic E-state index is 11.1. The van der Waals surface area contributed by atoms with Crippen molar-refractivity contribution in [3.05, 3.63) is 10.6 Å². The van der Waals surface area contributed by atoms with E-state index in [-0.39, 0.29) is 0 Å². The van der Waals surface area contributed by atoms with E-state index in [1.165, 1.54) is 11.3 Å². The molecule has 1 rings (SSSR count). The predicted octanol–water partition coefficient (Wildman–Crippen LogP) is 2.71.